The molecule has 5 nitrogen and oxygen atoms in total. The molecule has 0 heterocycles. The smallest absolute Gasteiger partial charge is 0.328 e. The Hall–Kier alpha value is -2.89. The number of esters is 1. The minimum absolute atomic E-state index is 0.124. The molecule has 0 unspecified atom stereocenters. The fraction of sp³-hybridized carbons (Fsp3) is 0.222. The molecule has 24 heavy (non-hydrogen) atoms. The third kappa shape index (κ3) is 4.32. The van der Waals surface area contributed by atoms with Gasteiger partial charge in [-0.05, 0) is 29.8 Å². The summed E-state index contributed by atoms with van der Waals surface area (Å²) in [6, 6.07) is 11.7. The van der Waals surface area contributed by atoms with Crippen LogP contribution in [0.5, 0.6) is 5.75 Å². The van der Waals surface area contributed by atoms with E-state index in [4.69, 9.17) is 9.47 Å². The summed E-state index contributed by atoms with van der Waals surface area (Å²) in [4.78, 5) is 24.1. The molecule has 2 aromatic rings. The highest BCUT2D eigenvalue weighted by Gasteiger charge is 2.23. The van der Waals surface area contributed by atoms with Gasteiger partial charge in [0.2, 0.25) is 0 Å². The highest BCUT2D eigenvalue weighted by Crippen LogP contribution is 2.14. The highest BCUT2D eigenvalue weighted by molar-refractivity contribution is 5.97. The molecule has 1 atom stereocenters. The van der Waals surface area contributed by atoms with Gasteiger partial charge in [0.1, 0.15) is 17.6 Å². The third-order valence-corrected chi connectivity index (χ3v) is 3.51. The van der Waals surface area contributed by atoms with Crippen molar-refractivity contribution in [1.29, 1.82) is 0 Å². The van der Waals surface area contributed by atoms with Gasteiger partial charge in [-0.25, -0.2) is 9.18 Å². The van der Waals surface area contributed by atoms with Crippen LogP contribution in [-0.2, 0) is 16.0 Å². The third-order valence-electron chi connectivity index (χ3n) is 3.51. The van der Waals surface area contributed by atoms with Crippen LogP contribution in [0, 0.1) is 5.82 Å². The van der Waals surface area contributed by atoms with E-state index in [0.717, 1.165) is 5.56 Å². The summed E-state index contributed by atoms with van der Waals surface area (Å²) in [6.07, 6.45) is 0.219. The SMILES string of the molecule is COC(=O)[C@@H](Cc1ccc(OC)cc1)NC(=O)c1ccccc1F. The number of hydrogen-bond donors (Lipinski definition) is 1. The first kappa shape index (κ1) is 17.5. The van der Waals surface area contributed by atoms with Crippen molar-refractivity contribution in [2.45, 2.75) is 12.5 Å². The van der Waals surface area contributed by atoms with E-state index in [0.29, 0.717) is 5.75 Å². The fourth-order valence-electron chi connectivity index (χ4n) is 2.21. The van der Waals surface area contributed by atoms with Crippen molar-refractivity contribution in [2.24, 2.45) is 0 Å². The van der Waals surface area contributed by atoms with Gasteiger partial charge in [0, 0.05) is 6.42 Å². The standard InChI is InChI=1S/C18H18FNO4/c1-23-13-9-7-12(8-10-13)11-16(18(22)24-2)20-17(21)14-5-3-4-6-15(14)19/h3-10,16H,11H2,1-2H3,(H,20,21)/t16-/m1/s1. The molecule has 2 rings (SSSR count). The summed E-state index contributed by atoms with van der Waals surface area (Å²) < 4.78 is 23.5. The number of rotatable bonds is 6. The molecule has 0 aliphatic carbocycles. The van der Waals surface area contributed by atoms with Crippen LogP contribution < -0.4 is 10.1 Å². The largest absolute Gasteiger partial charge is 0.497 e. The van der Waals surface area contributed by atoms with Crippen LogP contribution >= 0.6 is 0 Å². The molecule has 0 radical (unpaired) electrons. The predicted octanol–water partition coefficient (Wildman–Crippen LogP) is 2.35. The van der Waals surface area contributed by atoms with Crippen molar-refractivity contribution in [1.82, 2.24) is 5.32 Å². The topological polar surface area (TPSA) is 64.6 Å². The fourth-order valence-corrected chi connectivity index (χ4v) is 2.21. The van der Waals surface area contributed by atoms with Crippen LogP contribution in [0.2, 0.25) is 0 Å². The van der Waals surface area contributed by atoms with Crippen LogP contribution in [0.1, 0.15) is 15.9 Å². The summed E-state index contributed by atoms with van der Waals surface area (Å²) in [5.74, 6) is -1.24. The number of carbonyl (C=O) groups is 2. The molecule has 2 aromatic carbocycles. The molecular formula is C18H18FNO4. The quantitative estimate of drug-likeness (QED) is 0.825. The Morgan fingerprint density at radius 1 is 1.08 bits per heavy atom. The Labute approximate surface area is 139 Å². The number of methoxy groups -OCH3 is 2. The highest BCUT2D eigenvalue weighted by atomic mass is 19.1. The first-order valence-corrected chi connectivity index (χ1v) is 7.31. The van der Waals surface area contributed by atoms with Gasteiger partial charge in [0.05, 0.1) is 19.8 Å². The van der Waals surface area contributed by atoms with Crippen LogP contribution in [0.15, 0.2) is 48.5 Å². The number of halogens is 1. The molecule has 6 heteroatoms. The Morgan fingerprint density at radius 2 is 1.75 bits per heavy atom. The summed E-state index contributed by atoms with van der Waals surface area (Å²) in [6.45, 7) is 0. The normalized spacial score (nSPS) is 11.5. The van der Waals surface area contributed by atoms with Crippen LogP contribution in [0.4, 0.5) is 4.39 Å². The van der Waals surface area contributed by atoms with Crippen molar-refractivity contribution in [3.63, 3.8) is 0 Å². The minimum atomic E-state index is -0.921. The lowest BCUT2D eigenvalue weighted by Crippen LogP contribution is -2.43. The lowest BCUT2D eigenvalue weighted by Gasteiger charge is -2.17. The number of hydrogen-bond acceptors (Lipinski definition) is 4. The average molecular weight is 331 g/mol. The molecule has 0 saturated heterocycles. The lowest BCUT2D eigenvalue weighted by atomic mass is 10.0. The van der Waals surface area contributed by atoms with Crippen molar-refractivity contribution >= 4 is 11.9 Å². The first-order chi connectivity index (χ1) is 11.5. The number of benzene rings is 2. The van der Waals surface area contributed by atoms with Gasteiger partial charge in [-0.2, -0.15) is 0 Å². The zero-order valence-corrected chi connectivity index (χ0v) is 13.4. The first-order valence-electron chi connectivity index (χ1n) is 7.31. The van der Waals surface area contributed by atoms with Gasteiger partial charge in [-0.1, -0.05) is 24.3 Å². The molecule has 1 N–H and O–H groups in total. The number of ether oxygens (including phenoxy) is 2. The van der Waals surface area contributed by atoms with E-state index in [1.165, 1.54) is 25.3 Å². The second-order valence-electron chi connectivity index (χ2n) is 5.08. The molecule has 0 spiro atoms. The maximum absolute atomic E-state index is 13.7. The van der Waals surface area contributed by atoms with Crippen molar-refractivity contribution in [2.75, 3.05) is 14.2 Å². The Morgan fingerprint density at radius 3 is 2.33 bits per heavy atom. The van der Waals surface area contributed by atoms with Gasteiger partial charge in [0.15, 0.2) is 0 Å². The van der Waals surface area contributed by atoms with Crippen molar-refractivity contribution in [3.05, 3.63) is 65.5 Å². The molecule has 0 aromatic heterocycles. The number of nitrogens with one attached hydrogen (secondary N) is 1. The van der Waals surface area contributed by atoms with Crippen LogP contribution in [-0.4, -0.2) is 32.1 Å². The second kappa shape index (κ2) is 8.10. The van der Waals surface area contributed by atoms with E-state index < -0.39 is 23.7 Å². The zero-order valence-electron chi connectivity index (χ0n) is 13.4. The molecular weight excluding hydrogens is 313 g/mol. The van der Waals surface area contributed by atoms with E-state index in [-0.39, 0.29) is 12.0 Å². The maximum Gasteiger partial charge on any atom is 0.328 e. The van der Waals surface area contributed by atoms with E-state index in [1.54, 1.807) is 37.4 Å². The Kier molecular flexibility index (Phi) is 5.89. The molecule has 0 fully saturated rings. The van der Waals surface area contributed by atoms with Crippen molar-refractivity contribution in [3.8, 4) is 5.75 Å². The molecule has 126 valence electrons. The minimum Gasteiger partial charge on any atom is -0.497 e. The predicted molar refractivity (Wildman–Crippen MR) is 86.4 cm³/mol. The van der Waals surface area contributed by atoms with Gasteiger partial charge in [-0.3, -0.25) is 4.79 Å². The summed E-state index contributed by atoms with van der Waals surface area (Å²) in [5.41, 5.74) is 0.682. The van der Waals surface area contributed by atoms with E-state index in [1.807, 2.05) is 0 Å². The van der Waals surface area contributed by atoms with E-state index >= 15 is 0 Å². The molecule has 0 aliphatic heterocycles. The van der Waals surface area contributed by atoms with Gasteiger partial charge in [-0.15, -0.1) is 0 Å². The maximum atomic E-state index is 13.7. The summed E-state index contributed by atoms with van der Waals surface area (Å²) in [5, 5.41) is 2.52. The molecule has 0 bridgehead atoms. The summed E-state index contributed by atoms with van der Waals surface area (Å²) in [7, 11) is 2.79. The van der Waals surface area contributed by atoms with Crippen LogP contribution in [0.3, 0.4) is 0 Å². The molecule has 0 saturated carbocycles. The average Bonchev–Trinajstić information content (AvgIpc) is 2.61. The van der Waals surface area contributed by atoms with E-state index in [2.05, 4.69) is 5.32 Å². The summed E-state index contributed by atoms with van der Waals surface area (Å²) >= 11 is 0. The zero-order chi connectivity index (χ0) is 17.5. The Balaban J connectivity index is 2.14. The number of amides is 1. The van der Waals surface area contributed by atoms with E-state index in [9.17, 15) is 14.0 Å². The van der Waals surface area contributed by atoms with Gasteiger partial charge in [0.25, 0.3) is 5.91 Å². The van der Waals surface area contributed by atoms with Crippen LogP contribution in [0.25, 0.3) is 0 Å². The lowest BCUT2D eigenvalue weighted by molar-refractivity contribution is -0.142. The molecule has 1 amide bonds. The number of carbonyl (C=O) groups excluding carboxylic acids is 2. The van der Waals surface area contributed by atoms with Crippen molar-refractivity contribution < 1.29 is 23.5 Å². The Bertz CT molecular complexity index is 715. The molecule has 0 aliphatic rings. The van der Waals surface area contributed by atoms with Gasteiger partial charge >= 0.3 is 5.97 Å². The van der Waals surface area contributed by atoms with Gasteiger partial charge < -0.3 is 14.8 Å². The monoisotopic (exact) mass is 331 g/mol. The second-order valence-corrected chi connectivity index (χ2v) is 5.08.